The number of benzene rings is 1. The van der Waals surface area contributed by atoms with Crippen LogP contribution in [0.1, 0.15) is 27.8 Å². The zero-order valence-corrected chi connectivity index (χ0v) is 12.3. The van der Waals surface area contributed by atoms with Gasteiger partial charge < -0.3 is 14.7 Å². The molecule has 2 N–H and O–H groups in total. The number of amides is 1. The molecule has 6 heteroatoms. The molecule has 0 saturated carbocycles. The van der Waals surface area contributed by atoms with E-state index in [-0.39, 0.29) is 12.5 Å². The van der Waals surface area contributed by atoms with Crippen LogP contribution < -0.4 is 4.74 Å². The topological polar surface area (TPSA) is 78.5 Å². The molecule has 1 atom stereocenters. The largest absolute Gasteiger partial charge is 0.497 e. The van der Waals surface area contributed by atoms with Gasteiger partial charge in [0.15, 0.2) is 0 Å². The van der Waals surface area contributed by atoms with E-state index in [1.807, 2.05) is 19.1 Å². The summed E-state index contributed by atoms with van der Waals surface area (Å²) >= 11 is 0. The van der Waals surface area contributed by atoms with Crippen LogP contribution in [0.5, 0.6) is 5.75 Å². The highest BCUT2D eigenvalue weighted by Gasteiger charge is 2.23. The van der Waals surface area contributed by atoms with E-state index in [9.17, 15) is 9.90 Å². The zero-order valence-electron chi connectivity index (χ0n) is 12.3. The number of hydrogen-bond donors (Lipinski definition) is 2. The Kier molecular flexibility index (Phi) is 4.59. The lowest BCUT2D eigenvalue weighted by Gasteiger charge is -2.26. The summed E-state index contributed by atoms with van der Waals surface area (Å²) in [7, 11) is 3.24. The minimum atomic E-state index is -0.430. The van der Waals surface area contributed by atoms with E-state index >= 15 is 0 Å². The first-order valence-electron chi connectivity index (χ1n) is 6.60. The third-order valence-corrected chi connectivity index (χ3v) is 3.39. The van der Waals surface area contributed by atoms with E-state index in [1.165, 1.54) is 4.90 Å². The maximum Gasteiger partial charge on any atom is 0.274 e. The molecule has 0 fully saturated rings. The van der Waals surface area contributed by atoms with Gasteiger partial charge in [0.25, 0.3) is 5.91 Å². The molecule has 2 aromatic rings. The highest BCUT2D eigenvalue weighted by atomic mass is 16.5. The van der Waals surface area contributed by atoms with Crippen molar-refractivity contribution in [3.63, 3.8) is 0 Å². The minimum absolute atomic E-state index is 0.169. The number of aliphatic hydroxyl groups is 1. The molecule has 1 heterocycles. The normalized spacial score (nSPS) is 12.0. The first-order chi connectivity index (χ1) is 10.1. The van der Waals surface area contributed by atoms with Gasteiger partial charge in [-0.05, 0) is 30.7 Å². The second-order valence-corrected chi connectivity index (χ2v) is 4.82. The fourth-order valence-electron chi connectivity index (χ4n) is 2.13. The van der Waals surface area contributed by atoms with E-state index in [4.69, 9.17) is 4.74 Å². The molecular formula is C15H19N3O3. The summed E-state index contributed by atoms with van der Waals surface area (Å²) in [5.74, 6) is 0.488. The molecule has 0 bridgehead atoms. The molecule has 21 heavy (non-hydrogen) atoms. The highest BCUT2D eigenvalue weighted by Crippen LogP contribution is 2.23. The summed E-state index contributed by atoms with van der Waals surface area (Å²) < 4.78 is 5.11. The van der Waals surface area contributed by atoms with Crippen LogP contribution in [0.4, 0.5) is 0 Å². The van der Waals surface area contributed by atoms with E-state index in [2.05, 4.69) is 10.2 Å². The van der Waals surface area contributed by atoms with Crippen LogP contribution >= 0.6 is 0 Å². The highest BCUT2D eigenvalue weighted by molar-refractivity contribution is 5.92. The maximum atomic E-state index is 12.4. The van der Waals surface area contributed by atoms with Crippen LogP contribution in [0.2, 0.25) is 0 Å². The summed E-state index contributed by atoms with van der Waals surface area (Å²) in [5.41, 5.74) is 1.99. The lowest BCUT2D eigenvalue weighted by Crippen LogP contribution is -2.33. The molecule has 0 radical (unpaired) electrons. The van der Waals surface area contributed by atoms with Crippen molar-refractivity contribution in [3.05, 3.63) is 47.3 Å². The number of carbonyl (C=O) groups is 1. The average Bonchev–Trinajstić information content (AvgIpc) is 2.94. The van der Waals surface area contributed by atoms with Crippen LogP contribution in [0, 0.1) is 6.92 Å². The van der Waals surface area contributed by atoms with E-state index in [0.29, 0.717) is 5.69 Å². The quantitative estimate of drug-likeness (QED) is 0.875. The number of aromatic amines is 1. The molecule has 1 unspecified atom stereocenters. The Labute approximate surface area is 123 Å². The van der Waals surface area contributed by atoms with Gasteiger partial charge in [0.1, 0.15) is 11.4 Å². The molecule has 0 aliphatic rings. The molecule has 0 aliphatic carbocycles. The van der Waals surface area contributed by atoms with E-state index in [1.54, 1.807) is 32.4 Å². The minimum Gasteiger partial charge on any atom is -0.497 e. The number of ether oxygens (including phenoxy) is 1. The summed E-state index contributed by atoms with van der Waals surface area (Å²) in [6, 6.07) is 8.52. The van der Waals surface area contributed by atoms with Crippen LogP contribution in [-0.4, -0.2) is 46.9 Å². The van der Waals surface area contributed by atoms with Crippen molar-refractivity contribution in [1.29, 1.82) is 0 Å². The van der Waals surface area contributed by atoms with Crippen LogP contribution in [-0.2, 0) is 0 Å². The monoisotopic (exact) mass is 289 g/mol. The van der Waals surface area contributed by atoms with E-state index in [0.717, 1.165) is 17.0 Å². The molecule has 0 aliphatic heterocycles. The van der Waals surface area contributed by atoms with Gasteiger partial charge in [0, 0.05) is 12.7 Å². The van der Waals surface area contributed by atoms with Crippen LogP contribution in [0.15, 0.2) is 30.3 Å². The molecule has 1 aromatic carbocycles. The second-order valence-electron chi connectivity index (χ2n) is 4.82. The van der Waals surface area contributed by atoms with Gasteiger partial charge in [0.05, 0.1) is 19.8 Å². The predicted octanol–water partition coefficient (Wildman–Crippen LogP) is 1.53. The van der Waals surface area contributed by atoms with Crippen molar-refractivity contribution < 1.29 is 14.6 Å². The Morgan fingerprint density at radius 3 is 2.57 bits per heavy atom. The first kappa shape index (κ1) is 15.1. The smallest absolute Gasteiger partial charge is 0.274 e. The van der Waals surface area contributed by atoms with Crippen molar-refractivity contribution in [2.24, 2.45) is 0 Å². The Hall–Kier alpha value is -2.34. The molecular weight excluding hydrogens is 270 g/mol. The molecule has 6 nitrogen and oxygen atoms in total. The van der Waals surface area contributed by atoms with Gasteiger partial charge in [-0.3, -0.25) is 9.89 Å². The lowest BCUT2D eigenvalue weighted by molar-refractivity contribution is 0.0652. The van der Waals surface area contributed by atoms with Crippen molar-refractivity contribution in [1.82, 2.24) is 15.1 Å². The van der Waals surface area contributed by atoms with Gasteiger partial charge in [-0.25, -0.2) is 0 Å². The number of aromatic nitrogens is 2. The Morgan fingerprint density at radius 2 is 2.10 bits per heavy atom. The van der Waals surface area contributed by atoms with Gasteiger partial charge in [-0.1, -0.05) is 12.1 Å². The SMILES string of the molecule is COc1ccc(C(CO)N(C)C(=O)c2cc(C)[nH]n2)cc1. The average molecular weight is 289 g/mol. The molecule has 1 amide bonds. The van der Waals surface area contributed by atoms with E-state index < -0.39 is 6.04 Å². The number of aryl methyl sites for hydroxylation is 1. The third kappa shape index (κ3) is 3.22. The number of methoxy groups -OCH3 is 1. The summed E-state index contributed by atoms with van der Waals surface area (Å²) in [4.78, 5) is 13.8. The van der Waals surface area contributed by atoms with Gasteiger partial charge in [-0.2, -0.15) is 5.10 Å². The first-order valence-corrected chi connectivity index (χ1v) is 6.60. The summed E-state index contributed by atoms with van der Waals surface area (Å²) in [5, 5.41) is 16.3. The maximum absolute atomic E-state index is 12.4. The van der Waals surface area contributed by atoms with Gasteiger partial charge in [-0.15, -0.1) is 0 Å². The predicted molar refractivity (Wildman–Crippen MR) is 78.2 cm³/mol. The van der Waals surface area contributed by atoms with Gasteiger partial charge >= 0.3 is 0 Å². The zero-order chi connectivity index (χ0) is 15.4. The second kappa shape index (κ2) is 6.41. The Bertz CT molecular complexity index is 607. The van der Waals surface area contributed by atoms with Crippen molar-refractivity contribution >= 4 is 5.91 Å². The lowest BCUT2D eigenvalue weighted by atomic mass is 10.1. The Morgan fingerprint density at radius 1 is 1.43 bits per heavy atom. The van der Waals surface area contributed by atoms with Crippen molar-refractivity contribution in [2.75, 3.05) is 20.8 Å². The van der Waals surface area contributed by atoms with Crippen LogP contribution in [0.3, 0.4) is 0 Å². The Balaban J connectivity index is 2.21. The van der Waals surface area contributed by atoms with Crippen LogP contribution in [0.25, 0.3) is 0 Å². The number of nitrogens with one attached hydrogen (secondary N) is 1. The molecule has 0 saturated heterocycles. The van der Waals surface area contributed by atoms with Crippen molar-refractivity contribution in [2.45, 2.75) is 13.0 Å². The molecule has 1 aromatic heterocycles. The molecule has 2 rings (SSSR count). The third-order valence-electron chi connectivity index (χ3n) is 3.39. The molecule has 0 spiro atoms. The standard InChI is InChI=1S/C15H19N3O3/c1-10-8-13(17-16-10)15(20)18(2)14(9-19)11-4-6-12(21-3)7-5-11/h4-8,14,19H,9H2,1-3H3,(H,16,17). The number of nitrogens with zero attached hydrogens (tertiary/aromatic N) is 2. The van der Waals surface area contributed by atoms with Gasteiger partial charge in [0.2, 0.25) is 0 Å². The van der Waals surface area contributed by atoms with Crippen molar-refractivity contribution in [3.8, 4) is 5.75 Å². The molecule has 112 valence electrons. The number of likely N-dealkylation sites (N-methyl/N-ethyl adjacent to an activating group) is 1. The number of hydrogen-bond acceptors (Lipinski definition) is 4. The fraction of sp³-hybridized carbons (Fsp3) is 0.333. The fourth-order valence-corrected chi connectivity index (χ4v) is 2.13. The summed E-state index contributed by atoms with van der Waals surface area (Å²) in [6.07, 6.45) is 0. The summed E-state index contributed by atoms with van der Waals surface area (Å²) in [6.45, 7) is 1.66. The number of carbonyl (C=O) groups excluding carboxylic acids is 1. The number of rotatable bonds is 5. The number of H-pyrrole nitrogens is 1. The number of aliphatic hydroxyl groups excluding tert-OH is 1.